The first-order valence-corrected chi connectivity index (χ1v) is 10.7. The maximum atomic E-state index is 8.90. The summed E-state index contributed by atoms with van der Waals surface area (Å²) in [6, 6.07) is 0. The van der Waals surface area contributed by atoms with Gasteiger partial charge in [0.2, 0.25) is 0 Å². The third-order valence-electron chi connectivity index (χ3n) is 5.23. The number of piperidine rings is 1. The second-order valence-corrected chi connectivity index (χ2v) is 8.23. The Bertz CT molecular complexity index is 259. The van der Waals surface area contributed by atoms with Gasteiger partial charge >= 0.3 is 121 Å². The van der Waals surface area contributed by atoms with Crippen LogP contribution in [0.25, 0.3) is 0 Å². The molecule has 1 N–H and O–H groups in total. The third kappa shape index (κ3) is 5.43. The number of hydrogen-bond acceptors (Lipinski definition) is 3. The standard InChI is InChI=1S/C16H31INO2/c1-13(2)15-5-3-14(4-6-15)11-18-9-7-16(8-10-18)20-12-17-19/h13-16,19H,3-12H2,1-2H3/q-1. The topological polar surface area (TPSA) is 32.7 Å². The molecule has 0 aromatic rings. The van der Waals surface area contributed by atoms with Crippen molar-refractivity contribution in [2.24, 2.45) is 17.8 Å². The van der Waals surface area contributed by atoms with Gasteiger partial charge in [-0.2, -0.15) is 0 Å². The van der Waals surface area contributed by atoms with Gasteiger partial charge in [0.15, 0.2) is 0 Å². The Morgan fingerprint density at radius 3 is 2.30 bits per heavy atom. The average Bonchev–Trinajstić information content (AvgIpc) is 2.47. The number of likely N-dealkylation sites (tertiary alicyclic amines) is 1. The van der Waals surface area contributed by atoms with E-state index in [2.05, 4.69) is 18.7 Å². The number of rotatable bonds is 6. The molecule has 0 spiro atoms. The average molecular weight is 396 g/mol. The van der Waals surface area contributed by atoms with Crippen LogP contribution in [0.15, 0.2) is 0 Å². The molecule has 120 valence electrons. The van der Waals surface area contributed by atoms with Gasteiger partial charge in [-0.1, -0.05) is 13.8 Å². The van der Waals surface area contributed by atoms with E-state index < -0.39 is 21.6 Å². The number of ether oxygens (including phenoxy) is 1. The molecule has 0 amide bonds. The first-order valence-electron chi connectivity index (χ1n) is 8.26. The molecular weight excluding hydrogens is 365 g/mol. The molecule has 2 rings (SSSR count). The van der Waals surface area contributed by atoms with Crippen LogP contribution in [0.1, 0.15) is 52.4 Å². The van der Waals surface area contributed by atoms with E-state index >= 15 is 0 Å². The minimum absolute atomic E-state index is 0.412. The van der Waals surface area contributed by atoms with E-state index in [1.165, 1.54) is 45.3 Å². The zero-order valence-electron chi connectivity index (χ0n) is 13.1. The minimum atomic E-state index is -0.691. The molecule has 1 aliphatic carbocycles. The van der Waals surface area contributed by atoms with E-state index in [9.17, 15) is 0 Å². The first kappa shape index (κ1) is 17.0. The molecule has 3 nitrogen and oxygen atoms in total. The molecule has 0 bridgehead atoms. The molecule has 0 aromatic heterocycles. The van der Waals surface area contributed by atoms with Crippen LogP contribution in [0.5, 0.6) is 0 Å². The monoisotopic (exact) mass is 396 g/mol. The van der Waals surface area contributed by atoms with Gasteiger partial charge < -0.3 is 0 Å². The van der Waals surface area contributed by atoms with Crippen molar-refractivity contribution in [1.29, 1.82) is 0 Å². The van der Waals surface area contributed by atoms with Crippen LogP contribution in [0.4, 0.5) is 0 Å². The van der Waals surface area contributed by atoms with Crippen molar-refractivity contribution in [2.75, 3.05) is 24.2 Å². The molecular formula is C16H31INO2-. The number of hydrogen-bond donors (Lipinski definition) is 1. The molecule has 2 fully saturated rings. The molecule has 4 heteroatoms. The van der Waals surface area contributed by atoms with Crippen molar-refractivity contribution in [2.45, 2.75) is 58.5 Å². The second kappa shape index (κ2) is 8.91. The van der Waals surface area contributed by atoms with Gasteiger partial charge in [0.25, 0.3) is 0 Å². The summed E-state index contributed by atoms with van der Waals surface area (Å²) in [6.07, 6.45) is 8.50. The Labute approximate surface area is 135 Å². The SMILES string of the molecule is CC(C)C1CCC(CN2CCC(OC[I-]O)CC2)CC1. The van der Waals surface area contributed by atoms with E-state index in [1.54, 1.807) is 0 Å². The summed E-state index contributed by atoms with van der Waals surface area (Å²) < 4.78 is 15.2. The van der Waals surface area contributed by atoms with Gasteiger partial charge in [-0.25, -0.2) is 0 Å². The summed E-state index contributed by atoms with van der Waals surface area (Å²) in [5, 5.41) is 0. The summed E-state index contributed by atoms with van der Waals surface area (Å²) >= 11 is -0.691. The fourth-order valence-corrected chi connectivity index (χ4v) is 4.45. The van der Waals surface area contributed by atoms with Crippen molar-refractivity contribution in [1.82, 2.24) is 4.90 Å². The molecule has 0 aromatic carbocycles. The van der Waals surface area contributed by atoms with Crippen LogP contribution >= 0.6 is 0 Å². The predicted octanol–water partition coefficient (Wildman–Crippen LogP) is -0.116. The summed E-state index contributed by atoms with van der Waals surface area (Å²) in [4.78, 5) is 2.65. The number of halogens is 1. The Balaban J connectivity index is 1.61. The summed E-state index contributed by atoms with van der Waals surface area (Å²) in [6.45, 7) is 8.45. The Hall–Kier alpha value is 0.610. The Morgan fingerprint density at radius 2 is 1.75 bits per heavy atom. The summed E-state index contributed by atoms with van der Waals surface area (Å²) in [7, 11) is 0. The zero-order valence-corrected chi connectivity index (χ0v) is 15.2. The zero-order chi connectivity index (χ0) is 14.4. The second-order valence-electron chi connectivity index (χ2n) is 6.92. The Kier molecular flexibility index (Phi) is 7.56. The van der Waals surface area contributed by atoms with E-state index in [1.807, 2.05) is 0 Å². The molecule has 1 aliphatic heterocycles. The van der Waals surface area contributed by atoms with Gasteiger partial charge in [-0.3, -0.25) is 0 Å². The molecule has 1 saturated heterocycles. The molecule has 1 heterocycles. The van der Waals surface area contributed by atoms with Gasteiger partial charge in [0, 0.05) is 0 Å². The third-order valence-corrected chi connectivity index (χ3v) is 5.87. The van der Waals surface area contributed by atoms with Crippen LogP contribution in [-0.4, -0.2) is 38.7 Å². The van der Waals surface area contributed by atoms with Gasteiger partial charge in [0.1, 0.15) is 0 Å². The van der Waals surface area contributed by atoms with Gasteiger partial charge in [-0.15, -0.1) is 0 Å². The van der Waals surface area contributed by atoms with E-state index in [-0.39, 0.29) is 0 Å². The van der Waals surface area contributed by atoms with Crippen LogP contribution in [0, 0.1) is 17.8 Å². The van der Waals surface area contributed by atoms with Crippen LogP contribution in [0.2, 0.25) is 0 Å². The normalized spacial score (nSPS) is 30.2. The van der Waals surface area contributed by atoms with Crippen molar-refractivity contribution in [3.8, 4) is 0 Å². The van der Waals surface area contributed by atoms with Crippen LogP contribution in [0.3, 0.4) is 0 Å². The van der Waals surface area contributed by atoms with E-state index in [0.717, 1.165) is 30.6 Å². The number of nitrogens with zero attached hydrogens (tertiary/aromatic N) is 1. The molecule has 0 radical (unpaired) electrons. The predicted molar refractivity (Wildman–Crippen MR) is 77.9 cm³/mol. The van der Waals surface area contributed by atoms with E-state index in [0.29, 0.717) is 10.7 Å². The van der Waals surface area contributed by atoms with Crippen molar-refractivity contribution in [3.05, 3.63) is 0 Å². The quantitative estimate of drug-likeness (QED) is 0.502. The van der Waals surface area contributed by atoms with Crippen LogP contribution in [-0.2, 0) is 4.74 Å². The van der Waals surface area contributed by atoms with Gasteiger partial charge in [-0.05, 0) is 0 Å². The van der Waals surface area contributed by atoms with Gasteiger partial charge in [0.05, 0.1) is 0 Å². The summed E-state index contributed by atoms with van der Waals surface area (Å²) in [5.74, 6) is 2.79. The van der Waals surface area contributed by atoms with Crippen molar-refractivity contribution < 1.29 is 29.8 Å². The number of alkyl halides is 1. The maximum absolute atomic E-state index is 8.90. The molecule has 0 atom stereocenters. The molecule has 20 heavy (non-hydrogen) atoms. The molecule has 2 aliphatic rings. The first-order chi connectivity index (χ1) is 9.69. The molecule has 0 unspecified atom stereocenters. The van der Waals surface area contributed by atoms with E-state index in [4.69, 9.17) is 8.17 Å². The van der Waals surface area contributed by atoms with Crippen molar-refractivity contribution >= 4 is 0 Å². The Morgan fingerprint density at radius 1 is 1.10 bits per heavy atom. The van der Waals surface area contributed by atoms with Crippen molar-refractivity contribution in [3.63, 3.8) is 0 Å². The fraction of sp³-hybridized carbons (Fsp3) is 1.00. The molecule has 1 saturated carbocycles. The summed E-state index contributed by atoms with van der Waals surface area (Å²) in [5.41, 5.74) is 0. The fourth-order valence-electron chi connectivity index (χ4n) is 3.78. The van der Waals surface area contributed by atoms with Crippen LogP contribution < -0.4 is 21.6 Å².